The van der Waals surface area contributed by atoms with Crippen molar-refractivity contribution in [3.05, 3.63) is 53.6 Å². The molecule has 7 heteroatoms. The lowest BCUT2D eigenvalue weighted by Crippen LogP contribution is -2.41. The summed E-state index contributed by atoms with van der Waals surface area (Å²) in [5.74, 6) is 0.836. The second kappa shape index (κ2) is 8.86. The Bertz CT molecular complexity index is 971. The van der Waals surface area contributed by atoms with Gasteiger partial charge in [0.05, 0.1) is 12.0 Å². The largest absolute Gasteiger partial charge is 0.497 e. The highest BCUT2D eigenvalue weighted by Crippen LogP contribution is 2.25. The number of carbonyl (C=O) groups is 1. The molecule has 1 aliphatic rings. The zero-order valence-corrected chi connectivity index (χ0v) is 17.9. The molecule has 0 aromatic heterocycles. The third-order valence-corrected chi connectivity index (χ3v) is 7.03. The Hall–Kier alpha value is -2.54. The Morgan fingerprint density at radius 2 is 1.76 bits per heavy atom. The fourth-order valence-electron chi connectivity index (χ4n) is 3.68. The minimum absolute atomic E-state index is 0.0951. The van der Waals surface area contributed by atoms with Crippen LogP contribution in [0.4, 0.5) is 5.69 Å². The molecule has 0 saturated heterocycles. The molecule has 3 rings (SSSR count). The van der Waals surface area contributed by atoms with Crippen LogP contribution in [0, 0.1) is 12.8 Å². The number of amides is 1. The maximum atomic E-state index is 12.9. The van der Waals surface area contributed by atoms with E-state index in [1.54, 1.807) is 50.4 Å². The smallest absolute Gasteiger partial charge is 0.262 e. The van der Waals surface area contributed by atoms with Crippen molar-refractivity contribution in [3.8, 4) is 5.75 Å². The zero-order chi connectivity index (χ0) is 21.0. The molecule has 1 saturated carbocycles. The van der Waals surface area contributed by atoms with Crippen LogP contribution in [-0.2, 0) is 10.0 Å². The molecule has 0 aliphatic heterocycles. The zero-order valence-electron chi connectivity index (χ0n) is 17.1. The number of aryl methyl sites for hydroxylation is 1. The summed E-state index contributed by atoms with van der Waals surface area (Å²) in [5.41, 5.74) is 1.35. The molecule has 156 valence electrons. The molecule has 2 atom stereocenters. The highest BCUT2D eigenvalue weighted by molar-refractivity contribution is 7.92. The van der Waals surface area contributed by atoms with Gasteiger partial charge in [-0.05, 0) is 67.6 Å². The average molecular weight is 417 g/mol. The number of rotatable bonds is 6. The lowest BCUT2D eigenvalue weighted by atomic mass is 9.86. The normalized spacial score (nSPS) is 19.4. The van der Waals surface area contributed by atoms with Gasteiger partial charge in [0.25, 0.3) is 15.9 Å². The second-order valence-corrected chi connectivity index (χ2v) is 9.31. The van der Waals surface area contributed by atoms with Crippen molar-refractivity contribution in [2.75, 3.05) is 11.8 Å². The molecule has 2 aromatic rings. The summed E-state index contributed by atoms with van der Waals surface area (Å²) in [5, 5.41) is 3.08. The van der Waals surface area contributed by atoms with Crippen LogP contribution in [0.3, 0.4) is 0 Å². The number of hydrogen-bond acceptors (Lipinski definition) is 4. The predicted octanol–water partition coefficient (Wildman–Crippen LogP) is 4.11. The summed E-state index contributed by atoms with van der Waals surface area (Å²) in [7, 11) is -2.29. The Labute approximate surface area is 172 Å². The molecular formula is C22H28N2O4S. The first-order valence-corrected chi connectivity index (χ1v) is 11.4. The van der Waals surface area contributed by atoms with Crippen molar-refractivity contribution >= 4 is 21.6 Å². The molecular weight excluding hydrogens is 388 g/mol. The van der Waals surface area contributed by atoms with E-state index in [1.165, 1.54) is 12.5 Å². The van der Waals surface area contributed by atoms with Gasteiger partial charge in [0.15, 0.2) is 0 Å². The summed E-state index contributed by atoms with van der Waals surface area (Å²) < 4.78 is 33.5. The van der Waals surface area contributed by atoms with Gasteiger partial charge in [-0.25, -0.2) is 8.42 Å². The fraction of sp³-hybridized carbons (Fsp3) is 0.409. The van der Waals surface area contributed by atoms with Gasteiger partial charge >= 0.3 is 0 Å². The molecule has 6 nitrogen and oxygen atoms in total. The van der Waals surface area contributed by atoms with Crippen molar-refractivity contribution in [3.63, 3.8) is 0 Å². The van der Waals surface area contributed by atoms with Gasteiger partial charge in [-0.2, -0.15) is 0 Å². The molecule has 2 aromatic carbocycles. The Morgan fingerprint density at radius 1 is 1.07 bits per heavy atom. The van der Waals surface area contributed by atoms with Crippen LogP contribution in [0.25, 0.3) is 0 Å². The van der Waals surface area contributed by atoms with Crippen LogP contribution in [0.15, 0.2) is 47.4 Å². The fourth-order valence-corrected chi connectivity index (χ4v) is 5.01. The first kappa shape index (κ1) is 21.2. The minimum Gasteiger partial charge on any atom is -0.497 e. The van der Waals surface area contributed by atoms with E-state index in [0.717, 1.165) is 19.3 Å². The number of methoxy groups -OCH3 is 1. The summed E-state index contributed by atoms with van der Waals surface area (Å²) in [6.07, 6.45) is 4.36. The Balaban J connectivity index is 1.80. The Kier molecular flexibility index (Phi) is 6.47. The predicted molar refractivity (Wildman–Crippen MR) is 114 cm³/mol. The van der Waals surface area contributed by atoms with E-state index >= 15 is 0 Å². The van der Waals surface area contributed by atoms with Crippen LogP contribution in [0.1, 0.15) is 48.5 Å². The molecule has 0 spiro atoms. The first-order chi connectivity index (χ1) is 13.8. The van der Waals surface area contributed by atoms with Gasteiger partial charge in [0.2, 0.25) is 0 Å². The van der Waals surface area contributed by atoms with E-state index < -0.39 is 10.0 Å². The SMILES string of the molecule is COc1ccc(NS(=O)(=O)c2cc(C(=O)N[C@H]3CCCC[C@@H]3C)ccc2C)cc1. The van der Waals surface area contributed by atoms with Gasteiger partial charge in [-0.15, -0.1) is 0 Å². The third kappa shape index (κ3) is 5.09. The Morgan fingerprint density at radius 3 is 2.41 bits per heavy atom. The monoisotopic (exact) mass is 416 g/mol. The number of ether oxygens (including phenoxy) is 1. The molecule has 0 heterocycles. The van der Waals surface area contributed by atoms with Crippen LogP contribution in [-0.4, -0.2) is 27.5 Å². The number of carbonyl (C=O) groups excluding carboxylic acids is 1. The second-order valence-electron chi connectivity index (χ2n) is 7.66. The van der Waals surface area contributed by atoms with E-state index in [2.05, 4.69) is 17.0 Å². The number of nitrogens with one attached hydrogen (secondary N) is 2. The molecule has 2 N–H and O–H groups in total. The number of anilines is 1. The molecule has 0 radical (unpaired) electrons. The van der Waals surface area contributed by atoms with Gasteiger partial charge in [-0.1, -0.05) is 25.8 Å². The van der Waals surface area contributed by atoms with E-state index in [1.807, 2.05) is 0 Å². The van der Waals surface area contributed by atoms with Crippen LogP contribution in [0.5, 0.6) is 5.75 Å². The summed E-state index contributed by atoms with van der Waals surface area (Å²) in [6.45, 7) is 3.86. The number of hydrogen-bond donors (Lipinski definition) is 2. The molecule has 0 unspecified atom stereocenters. The van der Waals surface area contributed by atoms with E-state index in [0.29, 0.717) is 28.5 Å². The summed E-state index contributed by atoms with van der Waals surface area (Å²) in [6, 6.07) is 11.5. The maximum absolute atomic E-state index is 12.9. The third-order valence-electron chi connectivity index (χ3n) is 5.51. The molecule has 1 fully saturated rings. The van der Waals surface area contributed by atoms with Crippen molar-refractivity contribution in [1.82, 2.24) is 5.32 Å². The van der Waals surface area contributed by atoms with Crippen LogP contribution < -0.4 is 14.8 Å². The topological polar surface area (TPSA) is 84.5 Å². The quantitative estimate of drug-likeness (QED) is 0.742. The van der Waals surface area contributed by atoms with Gasteiger partial charge in [0.1, 0.15) is 5.75 Å². The van der Waals surface area contributed by atoms with E-state index in [9.17, 15) is 13.2 Å². The highest BCUT2D eigenvalue weighted by Gasteiger charge is 2.24. The van der Waals surface area contributed by atoms with Gasteiger partial charge in [0, 0.05) is 17.3 Å². The summed E-state index contributed by atoms with van der Waals surface area (Å²) >= 11 is 0. The van der Waals surface area contributed by atoms with Crippen molar-refractivity contribution in [2.24, 2.45) is 5.92 Å². The number of benzene rings is 2. The van der Waals surface area contributed by atoms with Crippen LogP contribution in [0.2, 0.25) is 0 Å². The van der Waals surface area contributed by atoms with Gasteiger partial charge in [-0.3, -0.25) is 9.52 Å². The van der Waals surface area contributed by atoms with Crippen molar-refractivity contribution in [1.29, 1.82) is 0 Å². The lowest BCUT2D eigenvalue weighted by Gasteiger charge is -2.29. The molecule has 1 aliphatic carbocycles. The maximum Gasteiger partial charge on any atom is 0.262 e. The standard InChI is InChI=1S/C22H28N2O4S/c1-15-6-4-5-7-20(15)23-22(25)17-9-8-16(2)21(14-17)29(26,27)24-18-10-12-19(28-3)13-11-18/h8-15,20,24H,4-7H2,1-3H3,(H,23,25)/t15-,20-/m0/s1. The minimum atomic E-state index is -3.83. The molecule has 29 heavy (non-hydrogen) atoms. The lowest BCUT2D eigenvalue weighted by molar-refractivity contribution is 0.0910. The van der Waals surface area contributed by atoms with Crippen molar-refractivity contribution in [2.45, 2.75) is 50.5 Å². The van der Waals surface area contributed by atoms with Crippen molar-refractivity contribution < 1.29 is 17.9 Å². The van der Waals surface area contributed by atoms with E-state index in [-0.39, 0.29) is 16.8 Å². The van der Waals surface area contributed by atoms with Crippen LogP contribution >= 0.6 is 0 Å². The molecule has 1 amide bonds. The average Bonchev–Trinajstić information content (AvgIpc) is 2.70. The van der Waals surface area contributed by atoms with Gasteiger partial charge < -0.3 is 10.1 Å². The summed E-state index contributed by atoms with van der Waals surface area (Å²) in [4.78, 5) is 12.8. The first-order valence-electron chi connectivity index (χ1n) is 9.88. The molecule has 0 bridgehead atoms. The van der Waals surface area contributed by atoms with E-state index in [4.69, 9.17) is 4.74 Å². The number of sulfonamides is 1. The highest BCUT2D eigenvalue weighted by atomic mass is 32.2.